The van der Waals surface area contributed by atoms with Crippen LogP contribution in [0.2, 0.25) is 0 Å². The van der Waals surface area contributed by atoms with Gasteiger partial charge in [0.25, 0.3) is 0 Å². The second-order valence-electron chi connectivity index (χ2n) is 5.10. The van der Waals surface area contributed by atoms with E-state index in [1.54, 1.807) is 15.0 Å². The molecule has 0 aliphatic heterocycles. The van der Waals surface area contributed by atoms with Crippen molar-refractivity contribution in [3.05, 3.63) is 17.5 Å². The average molecular weight is 551 g/mol. The summed E-state index contributed by atoms with van der Waals surface area (Å²) in [5.74, 6) is -22.0. The zero-order valence-electron chi connectivity index (χ0n) is 12.8. The standard InChI is InChI=1S/C10Cl4F13N3/c11-7(22,9(13,24)25)4(15,16)1-28-2(30-3(29-1)6(19,20)21)5(17,18)8(12,23)10(14,26)27. The van der Waals surface area contributed by atoms with Crippen molar-refractivity contribution in [3.8, 4) is 0 Å². The lowest BCUT2D eigenvalue weighted by atomic mass is 10.1. The Balaban J connectivity index is 3.92. The predicted octanol–water partition coefficient (Wildman–Crippen LogP) is 6.55. The van der Waals surface area contributed by atoms with E-state index in [0.717, 1.165) is 0 Å². The van der Waals surface area contributed by atoms with E-state index in [-0.39, 0.29) is 0 Å². The Morgan fingerprint density at radius 2 is 0.667 bits per heavy atom. The third kappa shape index (κ3) is 4.41. The molecule has 1 heterocycles. The molecule has 0 aliphatic rings. The quantitative estimate of drug-likeness (QED) is 0.298. The van der Waals surface area contributed by atoms with E-state index in [1.807, 2.05) is 0 Å². The van der Waals surface area contributed by atoms with Crippen LogP contribution in [0.3, 0.4) is 0 Å². The summed E-state index contributed by atoms with van der Waals surface area (Å²) in [4.78, 5) is 5.36. The molecule has 0 radical (unpaired) electrons. The van der Waals surface area contributed by atoms with Crippen LogP contribution in [0.1, 0.15) is 17.5 Å². The van der Waals surface area contributed by atoms with Crippen molar-refractivity contribution in [1.82, 2.24) is 15.0 Å². The monoisotopic (exact) mass is 549 g/mol. The molecule has 174 valence electrons. The van der Waals surface area contributed by atoms with Crippen LogP contribution in [0, 0.1) is 0 Å². The molecular weight excluding hydrogens is 551 g/mol. The minimum atomic E-state index is -6.22. The van der Waals surface area contributed by atoms with Gasteiger partial charge in [-0.1, -0.05) is 23.2 Å². The van der Waals surface area contributed by atoms with E-state index in [1.165, 1.54) is 0 Å². The summed E-state index contributed by atoms with van der Waals surface area (Å²) in [6, 6.07) is 0. The third-order valence-electron chi connectivity index (χ3n) is 2.95. The first kappa shape index (κ1) is 27.3. The molecule has 2 atom stereocenters. The van der Waals surface area contributed by atoms with E-state index < -0.39 is 56.5 Å². The molecule has 2 unspecified atom stereocenters. The fourth-order valence-electron chi connectivity index (χ4n) is 1.42. The van der Waals surface area contributed by atoms with Gasteiger partial charge in [0.2, 0.25) is 17.5 Å². The highest BCUT2D eigenvalue weighted by atomic mass is 35.5. The maximum absolute atomic E-state index is 14.0. The molecule has 0 amide bonds. The van der Waals surface area contributed by atoms with Crippen molar-refractivity contribution < 1.29 is 57.1 Å². The second-order valence-corrected chi connectivity index (χ2v) is 7.09. The number of halogens is 17. The second kappa shape index (κ2) is 7.40. The van der Waals surface area contributed by atoms with Gasteiger partial charge in [-0.3, -0.25) is 0 Å². The van der Waals surface area contributed by atoms with Gasteiger partial charge in [-0.2, -0.15) is 48.3 Å². The number of alkyl halides is 17. The Morgan fingerprint density at radius 3 is 0.867 bits per heavy atom. The van der Waals surface area contributed by atoms with Gasteiger partial charge in [0.1, 0.15) is 0 Å². The van der Waals surface area contributed by atoms with Gasteiger partial charge in [0.05, 0.1) is 0 Å². The summed E-state index contributed by atoms with van der Waals surface area (Å²) in [5, 5.41) is -23.3. The summed E-state index contributed by atoms with van der Waals surface area (Å²) in [6.07, 6.45) is -6.08. The Morgan fingerprint density at radius 1 is 0.433 bits per heavy atom. The highest BCUT2D eigenvalue weighted by molar-refractivity contribution is 6.33. The van der Waals surface area contributed by atoms with Crippen molar-refractivity contribution in [3.63, 3.8) is 0 Å². The Labute approximate surface area is 175 Å². The van der Waals surface area contributed by atoms with E-state index in [0.29, 0.717) is 0 Å². The van der Waals surface area contributed by atoms with Crippen LogP contribution in [-0.2, 0) is 18.0 Å². The predicted molar refractivity (Wildman–Crippen MR) is 73.6 cm³/mol. The summed E-state index contributed by atoms with van der Waals surface area (Å²) in [5.41, 5.74) is 0. The molecule has 0 saturated heterocycles. The van der Waals surface area contributed by atoms with Crippen LogP contribution in [0.5, 0.6) is 0 Å². The van der Waals surface area contributed by atoms with Crippen LogP contribution < -0.4 is 0 Å². The molecule has 0 spiro atoms. The van der Waals surface area contributed by atoms with Crippen molar-refractivity contribution in [2.45, 2.75) is 39.0 Å². The number of nitrogens with zero attached hydrogens (tertiary/aromatic N) is 3. The molecular formula is C10Cl4F13N3. The lowest BCUT2D eigenvalue weighted by Crippen LogP contribution is -2.51. The summed E-state index contributed by atoms with van der Waals surface area (Å²) in [7, 11) is 0. The number of hydrogen-bond donors (Lipinski definition) is 0. The molecule has 1 aromatic heterocycles. The van der Waals surface area contributed by atoms with Crippen LogP contribution in [0.15, 0.2) is 0 Å². The highest BCUT2D eigenvalue weighted by Gasteiger charge is 2.74. The normalized spacial score (nSPS) is 18.7. The Bertz CT molecular complexity index is 744. The van der Waals surface area contributed by atoms with Crippen molar-refractivity contribution in [2.75, 3.05) is 0 Å². The zero-order chi connectivity index (χ0) is 24.4. The first-order valence-electron chi connectivity index (χ1n) is 6.30. The molecule has 30 heavy (non-hydrogen) atoms. The number of hydrogen-bond acceptors (Lipinski definition) is 3. The molecule has 0 N–H and O–H groups in total. The maximum atomic E-state index is 14.0. The summed E-state index contributed by atoms with van der Waals surface area (Å²) < 4.78 is 173. The minimum absolute atomic E-state index is 1.78. The molecule has 0 aromatic carbocycles. The molecule has 1 rings (SSSR count). The van der Waals surface area contributed by atoms with Crippen molar-refractivity contribution >= 4 is 46.4 Å². The van der Waals surface area contributed by atoms with E-state index in [9.17, 15) is 57.1 Å². The topological polar surface area (TPSA) is 38.7 Å². The summed E-state index contributed by atoms with van der Waals surface area (Å²) >= 11 is 16.4. The van der Waals surface area contributed by atoms with Crippen molar-refractivity contribution in [1.29, 1.82) is 0 Å². The van der Waals surface area contributed by atoms with Gasteiger partial charge < -0.3 is 0 Å². The first-order valence-corrected chi connectivity index (χ1v) is 7.82. The molecule has 0 aliphatic carbocycles. The van der Waals surface area contributed by atoms with Gasteiger partial charge >= 0.3 is 39.0 Å². The lowest BCUT2D eigenvalue weighted by molar-refractivity contribution is -0.189. The molecule has 0 saturated carbocycles. The molecule has 0 bridgehead atoms. The van der Waals surface area contributed by atoms with Crippen LogP contribution in [0.25, 0.3) is 0 Å². The van der Waals surface area contributed by atoms with Gasteiger partial charge in [-0.15, -0.1) is 0 Å². The Hall–Kier alpha value is -0.740. The minimum Gasteiger partial charge on any atom is -0.210 e. The van der Waals surface area contributed by atoms with Crippen LogP contribution in [-0.4, -0.2) is 36.0 Å². The first-order chi connectivity index (χ1) is 12.8. The van der Waals surface area contributed by atoms with Crippen molar-refractivity contribution in [2.24, 2.45) is 0 Å². The fraction of sp³-hybridized carbons (Fsp3) is 0.700. The largest absolute Gasteiger partial charge is 0.451 e. The SMILES string of the molecule is FC(F)(F)c1nc(C(F)(F)C(F)(Cl)C(F)(F)Cl)nc(C(F)(F)C(F)(Cl)C(F)(F)Cl)n1. The molecule has 0 fully saturated rings. The molecule has 20 heteroatoms. The van der Waals surface area contributed by atoms with Gasteiger partial charge in [-0.05, 0) is 23.2 Å². The zero-order valence-corrected chi connectivity index (χ0v) is 15.8. The fourth-order valence-corrected chi connectivity index (χ4v) is 1.83. The van der Waals surface area contributed by atoms with E-state index in [2.05, 4.69) is 46.4 Å². The van der Waals surface area contributed by atoms with E-state index >= 15 is 0 Å². The lowest BCUT2D eigenvalue weighted by Gasteiger charge is -2.32. The van der Waals surface area contributed by atoms with Gasteiger partial charge in [-0.25, -0.2) is 23.7 Å². The van der Waals surface area contributed by atoms with Gasteiger partial charge in [0.15, 0.2) is 0 Å². The highest BCUT2D eigenvalue weighted by Crippen LogP contribution is 2.56. The number of rotatable bonds is 6. The van der Waals surface area contributed by atoms with E-state index in [4.69, 9.17) is 0 Å². The summed E-state index contributed by atoms with van der Waals surface area (Å²) in [6.45, 7) is 0. The third-order valence-corrected chi connectivity index (χ3v) is 4.62. The van der Waals surface area contributed by atoms with Gasteiger partial charge in [0, 0.05) is 0 Å². The maximum Gasteiger partial charge on any atom is 0.451 e. The number of aromatic nitrogens is 3. The van der Waals surface area contributed by atoms with Crippen LogP contribution in [0.4, 0.5) is 57.1 Å². The smallest absolute Gasteiger partial charge is 0.210 e. The van der Waals surface area contributed by atoms with Crippen LogP contribution >= 0.6 is 46.4 Å². The molecule has 3 nitrogen and oxygen atoms in total. The average Bonchev–Trinajstić information content (AvgIpc) is 2.51. The molecule has 1 aromatic rings. The Kier molecular flexibility index (Phi) is 6.74.